The molecular formula is C17H26O4Si. The lowest BCUT2D eigenvalue weighted by Gasteiger charge is -2.35. The smallest absolute Gasteiger partial charge is 0.339 e. The number of carboxylic acid groups (broad SMARTS) is 1. The predicted molar refractivity (Wildman–Crippen MR) is 92.1 cm³/mol. The first kappa shape index (κ1) is 18.5. The predicted octanol–water partition coefficient (Wildman–Crippen LogP) is 4.43. The lowest BCUT2D eigenvalue weighted by Crippen LogP contribution is -2.40. The summed E-state index contributed by atoms with van der Waals surface area (Å²) < 4.78 is 11.1. The van der Waals surface area contributed by atoms with Crippen molar-refractivity contribution in [3.63, 3.8) is 0 Å². The highest BCUT2D eigenvalue weighted by Gasteiger charge is 2.36. The van der Waals surface area contributed by atoms with Crippen LogP contribution in [-0.2, 0) is 4.43 Å². The van der Waals surface area contributed by atoms with Crippen LogP contribution in [0.5, 0.6) is 5.75 Å². The molecule has 0 fully saturated rings. The van der Waals surface area contributed by atoms with E-state index in [4.69, 9.17) is 14.3 Å². The molecule has 0 heterocycles. The molecule has 22 heavy (non-hydrogen) atoms. The molecule has 4 nitrogen and oxygen atoms in total. The fourth-order valence-corrected chi connectivity index (χ4v) is 2.60. The van der Waals surface area contributed by atoms with Crippen molar-refractivity contribution in [3.05, 3.63) is 35.4 Å². The van der Waals surface area contributed by atoms with Crippen molar-refractivity contribution in [1.82, 2.24) is 0 Å². The summed E-state index contributed by atoms with van der Waals surface area (Å²) in [6.45, 7) is 11.5. The molecule has 1 N–H and O–H groups in total. The normalized spacial score (nSPS) is 12.6. The molecule has 0 amide bonds. The van der Waals surface area contributed by atoms with E-state index in [0.717, 1.165) is 5.56 Å². The highest BCUT2D eigenvalue weighted by Crippen LogP contribution is 2.36. The second-order valence-electron chi connectivity index (χ2n) is 6.74. The highest BCUT2D eigenvalue weighted by atomic mass is 28.4. The minimum Gasteiger partial charge on any atom is -0.496 e. The van der Waals surface area contributed by atoms with Crippen LogP contribution in [0.15, 0.2) is 24.3 Å². The average molecular weight is 322 g/mol. The maximum Gasteiger partial charge on any atom is 0.339 e. The standard InChI is InChI=1S/C17H26O4Si/c1-17(2,3)22(5,6)21-11-7-8-13-9-10-15(20-4)14(12-13)16(18)19/h7-10,12H,11H2,1-6H3,(H,18,19). The Kier molecular flexibility index (Phi) is 5.97. The number of hydrogen-bond donors (Lipinski definition) is 1. The van der Waals surface area contributed by atoms with Gasteiger partial charge >= 0.3 is 5.97 Å². The number of hydrogen-bond acceptors (Lipinski definition) is 3. The van der Waals surface area contributed by atoms with Gasteiger partial charge in [0.25, 0.3) is 0 Å². The minimum atomic E-state index is -1.75. The molecule has 0 bridgehead atoms. The molecule has 1 aromatic rings. The second-order valence-corrected chi connectivity index (χ2v) is 11.5. The molecule has 5 heteroatoms. The van der Waals surface area contributed by atoms with Crippen molar-refractivity contribution >= 4 is 20.4 Å². The molecule has 1 rings (SSSR count). The van der Waals surface area contributed by atoms with Crippen molar-refractivity contribution in [2.24, 2.45) is 0 Å². The third kappa shape index (κ3) is 4.71. The second kappa shape index (κ2) is 7.11. The molecule has 0 aliphatic carbocycles. The minimum absolute atomic E-state index is 0.162. The molecule has 0 atom stereocenters. The van der Waals surface area contributed by atoms with Crippen LogP contribution in [0.2, 0.25) is 18.1 Å². The Hall–Kier alpha value is -1.59. The van der Waals surface area contributed by atoms with Gasteiger partial charge in [-0.3, -0.25) is 0 Å². The number of benzene rings is 1. The van der Waals surface area contributed by atoms with E-state index in [0.29, 0.717) is 12.4 Å². The van der Waals surface area contributed by atoms with Gasteiger partial charge in [0.05, 0.1) is 13.7 Å². The third-order valence-electron chi connectivity index (χ3n) is 4.11. The van der Waals surface area contributed by atoms with Crippen LogP contribution in [0, 0.1) is 0 Å². The van der Waals surface area contributed by atoms with Gasteiger partial charge in [-0.05, 0) is 35.8 Å². The number of aromatic carboxylic acids is 1. The van der Waals surface area contributed by atoms with E-state index >= 15 is 0 Å². The summed E-state index contributed by atoms with van der Waals surface area (Å²) in [4.78, 5) is 11.2. The molecule has 122 valence electrons. The van der Waals surface area contributed by atoms with E-state index in [-0.39, 0.29) is 10.6 Å². The van der Waals surface area contributed by atoms with Gasteiger partial charge in [0.15, 0.2) is 8.32 Å². The average Bonchev–Trinajstić information content (AvgIpc) is 2.42. The number of carboxylic acids is 1. The summed E-state index contributed by atoms with van der Waals surface area (Å²) in [5, 5.41) is 9.34. The Morgan fingerprint density at radius 2 is 1.95 bits per heavy atom. The van der Waals surface area contributed by atoms with Gasteiger partial charge in [-0.15, -0.1) is 0 Å². The number of methoxy groups -OCH3 is 1. The van der Waals surface area contributed by atoms with Crippen molar-refractivity contribution < 1.29 is 19.1 Å². The van der Waals surface area contributed by atoms with Crippen LogP contribution in [0.25, 0.3) is 6.08 Å². The van der Waals surface area contributed by atoms with E-state index in [9.17, 15) is 4.79 Å². The summed E-state index contributed by atoms with van der Waals surface area (Å²) in [5.74, 6) is -0.633. The van der Waals surface area contributed by atoms with Crippen LogP contribution in [0.1, 0.15) is 36.7 Å². The SMILES string of the molecule is COc1ccc(C=CCO[Si](C)(C)C(C)(C)C)cc1C(=O)O. The maximum atomic E-state index is 11.2. The first-order valence-corrected chi connectivity index (χ1v) is 10.2. The van der Waals surface area contributed by atoms with Crippen LogP contribution in [0.3, 0.4) is 0 Å². The van der Waals surface area contributed by atoms with Gasteiger partial charge < -0.3 is 14.3 Å². The van der Waals surface area contributed by atoms with Crippen molar-refractivity contribution in [3.8, 4) is 5.75 Å². The first-order chi connectivity index (χ1) is 10.1. The van der Waals surface area contributed by atoms with Gasteiger partial charge in [0, 0.05) is 0 Å². The van der Waals surface area contributed by atoms with Gasteiger partial charge in [-0.1, -0.05) is 39.0 Å². The van der Waals surface area contributed by atoms with Crippen LogP contribution in [0.4, 0.5) is 0 Å². The molecule has 0 saturated heterocycles. The molecule has 0 unspecified atom stereocenters. The molecule has 0 aromatic heterocycles. The fourth-order valence-electron chi connectivity index (χ4n) is 1.65. The largest absolute Gasteiger partial charge is 0.496 e. The first-order valence-electron chi connectivity index (χ1n) is 7.30. The Labute approximate surface area is 133 Å². The molecule has 0 saturated carbocycles. The van der Waals surface area contributed by atoms with Crippen LogP contribution >= 0.6 is 0 Å². The third-order valence-corrected chi connectivity index (χ3v) is 8.61. The quantitative estimate of drug-likeness (QED) is 0.787. The zero-order valence-corrected chi connectivity index (χ0v) is 15.3. The maximum absolute atomic E-state index is 11.2. The Bertz CT molecular complexity index is 556. The van der Waals surface area contributed by atoms with Crippen molar-refractivity contribution in [1.29, 1.82) is 0 Å². The van der Waals surface area contributed by atoms with E-state index in [1.807, 2.05) is 18.2 Å². The topological polar surface area (TPSA) is 55.8 Å². The fraction of sp³-hybridized carbons (Fsp3) is 0.471. The monoisotopic (exact) mass is 322 g/mol. The Balaban J connectivity index is 2.76. The number of rotatable bonds is 6. The Morgan fingerprint density at radius 3 is 2.45 bits per heavy atom. The number of carbonyl (C=O) groups is 1. The molecule has 0 spiro atoms. The zero-order chi connectivity index (χ0) is 17.0. The summed E-state index contributed by atoms with van der Waals surface area (Å²) in [5.41, 5.74) is 0.979. The lowest BCUT2D eigenvalue weighted by molar-refractivity contribution is 0.0693. The Morgan fingerprint density at radius 1 is 1.32 bits per heavy atom. The van der Waals surface area contributed by atoms with Gasteiger partial charge in [0.2, 0.25) is 0 Å². The summed E-state index contributed by atoms with van der Waals surface area (Å²) >= 11 is 0. The molecule has 1 aromatic carbocycles. The summed E-state index contributed by atoms with van der Waals surface area (Å²) in [7, 11) is -0.289. The van der Waals surface area contributed by atoms with E-state index in [2.05, 4.69) is 33.9 Å². The van der Waals surface area contributed by atoms with Crippen molar-refractivity contribution in [2.45, 2.75) is 38.9 Å². The highest BCUT2D eigenvalue weighted by molar-refractivity contribution is 6.74. The van der Waals surface area contributed by atoms with Gasteiger partial charge in [0.1, 0.15) is 11.3 Å². The van der Waals surface area contributed by atoms with Gasteiger partial charge in [-0.2, -0.15) is 0 Å². The summed E-state index contributed by atoms with van der Waals surface area (Å²) in [6.07, 6.45) is 3.80. The molecular weight excluding hydrogens is 296 g/mol. The van der Waals surface area contributed by atoms with Crippen molar-refractivity contribution in [2.75, 3.05) is 13.7 Å². The summed E-state index contributed by atoms with van der Waals surface area (Å²) in [6, 6.07) is 5.09. The zero-order valence-electron chi connectivity index (χ0n) is 14.3. The molecule has 0 aliphatic rings. The van der Waals surface area contributed by atoms with E-state index in [1.54, 1.807) is 12.1 Å². The molecule has 0 radical (unpaired) electrons. The van der Waals surface area contributed by atoms with Crippen LogP contribution < -0.4 is 4.74 Å². The van der Waals surface area contributed by atoms with E-state index < -0.39 is 14.3 Å². The van der Waals surface area contributed by atoms with E-state index in [1.165, 1.54) is 7.11 Å². The number of ether oxygens (including phenoxy) is 1. The lowest BCUT2D eigenvalue weighted by atomic mass is 10.1. The van der Waals surface area contributed by atoms with Gasteiger partial charge in [-0.25, -0.2) is 4.79 Å². The molecule has 0 aliphatic heterocycles. The van der Waals surface area contributed by atoms with Crippen LogP contribution in [-0.4, -0.2) is 33.1 Å².